The van der Waals surface area contributed by atoms with Crippen LogP contribution in [0.4, 0.5) is 0 Å². The molecule has 0 unspecified atom stereocenters. The van der Waals surface area contributed by atoms with Gasteiger partial charge >= 0.3 is 17.9 Å². The van der Waals surface area contributed by atoms with Crippen LogP contribution in [0.15, 0.2) is 0 Å². The number of rotatable bonds is 51. The summed E-state index contributed by atoms with van der Waals surface area (Å²) in [6.07, 6.45) is 53.7. The highest BCUT2D eigenvalue weighted by molar-refractivity contribution is 5.71. The normalized spacial score (nSPS) is 12.0. The SMILES string of the molecule is CCCCCCCCCCCCCCCCC(=O)OC[C@H](COC(=O)CCCCCCCCCCCCCC)OC(=O)CCCCCCCCCCCCCCCCCC(C)C. The second kappa shape index (κ2) is 50.4. The highest BCUT2D eigenvalue weighted by Crippen LogP contribution is 2.18. The minimum Gasteiger partial charge on any atom is -0.462 e. The van der Waals surface area contributed by atoms with E-state index in [1.165, 1.54) is 212 Å². The summed E-state index contributed by atoms with van der Waals surface area (Å²) in [5, 5.41) is 0. The van der Waals surface area contributed by atoms with Crippen LogP contribution in [0.25, 0.3) is 0 Å². The molecule has 62 heavy (non-hydrogen) atoms. The Balaban J connectivity index is 4.28. The number of unbranched alkanes of at least 4 members (excludes halogenated alkanes) is 38. The zero-order valence-corrected chi connectivity index (χ0v) is 42.3. The molecule has 1 atom stereocenters. The Kier molecular flexibility index (Phi) is 49.1. The van der Waals surface area contributed by atoms with Gasteiger partial charge in [-0.05, 0) is 25.2 Å². The van der Waals surface area contributed by atoms with Crippen LogP contribution in [0.5, 0.6) is 0 Å². The summed E-state index contributed by atoms with van der Waals surface area (Å²) in [7, 11) is 0. The van der Waals surface area contributed by atoms with Crippen molar-refractivity contribution in [1.29, 1.82) is 0 Å². The van der Waals surface area contributed by atoms with E-state index in [1.54, 1.807) is 0 Å². The molecule has 0 aliphatic carbocycles. The molecular formula is C56H108O6. The third kappa shape index (κ3) is 49.4. The van der Waals surface area contributed by atoms with Crippen LogP contribution in [0.2, 0.25) is 0 Å². The lowest BCUT2D eigenvalue weighted by atomic mass is 10.0. The molecule has 0 heterocycles. The van der Waals surface area contributed by atoms with Gasteiger partial charge in [0, 0.05) is 19.3 Å². The molecule has 0 aromatic heterocycles. The molecule has 0 radical (unpaired) electrons. The summed E-state index contributed by atoms with van der Waals surface area (Å²) >= 11 is 0. The van der Waals surface area contributed by atoms with Gasteiger partial charge in [0.15, 0.2) is 6.10 Å². The zero-order valence-electron chi connectivity index (χ0n) is 42.3. The lowest BCUT2D eigenvalue weighted by Crippen LogP contribution is -2.30. The average Bonchev–Trinajstić information content (AvgIpc) is 3.26. The lowest BCUT2D eigenvalue weighted by Gasteiger charge is -2.18. The van der Waals surface area contributed by atoms with E-state index in [0.29, 0.717) is 19.3 Å². The Bertz CT molecular complexity index is 933. The Morgan fingerprint density at radius 1 is 0.306 bits per heavy atom. The molecule has 6 nitrogen and oxygen atoms in total. The van der Waals surface area contributed by atoms with Gasteiger partial charge in [-0.1, -0.05) is 278 Å². The van der Waals surface area contributed by atoms with E-state index < -0.39 is 6.10 Å². The fourth-order valence-corrected chi connectivity index (χ4v) is 8.57. The molecule has 368 valence electrons. The van der Waals surface area contributed by atoms with Crippen molar-refractivity contribution in [3.8, 4) is 0 Å². The second-order valence-electron chi connectivity index (χ2n) is 19.7. The first-order valence-corrected chi connectivity index (χ1v) is 27.9. The fourth-order valence-electron chi connectivity index (χ4n) is 8.57. The van der Waals surface area contributed by atoms with E-state index in [1.807, 2.05) is 0 Å². The van der Waals surface area contributed by atoms with Gasteiger partial charge in [-0.3, -0.25) is 14.4 Å². The molecule has 0 rings (SSSR count). The summed E-state index contributed by atoms with van der Waals surface area (Å²) in [4.78, 5) is 38.0. The quantitative estimate of drug-likeness (QED) is 0.0344. The highest BCUT2D eigenvalue weighted by Gasteiger charge is 2.19. The van der Waals surface area contributed by atoms with Crippen LogP contribution in [0.1, 0.15) is 317 Å². The van der Waals surface area contributed by atoms with Gasteiger partial charge in [0.1, 0.15) is 13.2 Å². The Hall–Kier alpha value is -1.59. The van der Waals surface area contributed by atoms with E-state index in [2.05, 4.69) is 27.7 Å². The number of carbonyl (C=O) groups excluding carboxylic acids is 3. The summed E-state index contributed by atoms with van der Waals surface area (Å²) in [5.41, 5.74) is 0. The molecule has 0 fully saturated rings. The molecule has 0 bridgehead atoms. The fraction of sp³-hybridized carbons (Fsp3) is 0.946. The predicted molar refractivity (Wildman–Crippen MR) is 266 cm³/mol. The molecule has 0 aliphatic heterocycles. The van der Waals surface area contributed by atoms with Crippen molar-refractivity contribution >= 4 is 17.9 Å². The van der Waals surface area contributed by atoms with Crippen molar-refractivity contribution in [2.24, 2.45) is 5.92 Å². The van der Waals surface area contributed by atoms with E-state index in [9.17, 15) is 14.4 Å². The van der Waals surface area contributed by atoms with E-state index in [-0.39, 0.29) is 31.1 Å². The summed E-state index contributed by atoms with van der Waals surface area (Å²) in [6, 6.07) is 0. The van der Waals surface area contributed by atoms with Gasteiger partial charge in [0.2, 0.25) is 0 Å². The van der Waals surface area contributed by atoms with Gasteiger partial charge in [0.05, 0.1) is 0 Å². The smallest absolute Gasteiger partial charge is 0.306 e. The minimum atomic E-state index is -0.761. The van der Waals surface area contributed by atoms with Crippen molar-refractivity contribution in [2.45, 2.75) is 323 Å². The van der Waals surface area contributed by atoms with Gasteiger partial charge < -0.3 is 14.2 Å². The molecule has 0 amide bonds. The average molecular weight is 877 g/mol. The molecule has 0 spiro atoms. The van der Waals surface area contributed by atoms with Crippen molar-refractivity contribution in [2.75, 3.05) is 13.2 Å². The van der Waals surface area contributed by atoms with E-state index in [0.717, 1.165) is 63.7 Å². The number of carbonyl (C=O) groups is 3. The third-order valence-corrected chi connectivity index (χ3v) is 12.8. The van der Waals surface area contributed by atoms with Crippen molar-refractivity contribution < 1.29 is 28.6 Å². The Morgan fingerprint density at radius 2 is 0.532 bits per heavy atom. The van der Waals surface area contributed by atoms with Crippen LogP contribution < -0.4 is 0 Å². The first kappa shape index (κ1) is 60.4. The van der Waals surface area contributed by atoms with Crippen LogP contribution in [-0.4, -0.2) is 37.2 Å². The second-order valence-corrected chi connectivity index (χ2v) is 19.7. The van der Waals surface area contributed by atoms with Crippen LogP contribution in [-0.2, 0) is 28.6 Å². The summed E-state index contributed by atoms with van der Waals surface area (Å²) in [5.74, 6) is 0.0100. The van der Waals surface area contributed by atoms with Crippen LogP contribution >= 0.6 is 0 Å². The minimum absolute atomic E-state index is 0.0620. The maximum absolute atomic E-state index is 12.8. The predicted octanol–water partition coefficient (Wildman–Crippen LogP) is 18.2. The highest BCUT2D eigenvalue weighted by atomic mass is 16.6. The molecule has 0 N–H and O–H groups in total. The molecule has 0 saturated heterocycles. The third-order valence-electron chi connectivity index (χ3n) is 12.8. The number of hydrogen-bond acceptors (Lipinski definition) is 6. The largest absolute Gasteiger partial charge is 0.462 e. The topological polar surface area (TPSA) is 78.9 Å². The zero-order chi connectivity index (χ0) is 45.2. The lowest BCUT2D eigenvalue weighted by molar-refractivity contribution is -0.167. The number of hydrogen-bond donors (Lipinski definition) is 0. The Labute approximate surface area is 387 Å². The molecule has 0 aromatic rings. The number of esters is 3. The maximum atomic E-state index is 12.8. The first-order chi connectivity index (χ1) is 30.4. The van der Waals surface area contributed by atoms with Gasteiger partial charge in [-0.25, -0.2) is 0 Å². The van der Waals surface area contributed by atoms with Gasteiger partial charge in [-0.15, -0.1) is 0 Å². The molecular weight excluding hydrogens is 769 g/mol. The molecule has 6 heteroatoms. The van der Waals surface area contributed by atoms with Crippen molar-refractivity contribution in [1.82, 2.24) is 0 Å². The van der Waals surface area contributed by atoms with Gasteiger partial charge in [-0.2, -0.15) is 0 Å². The van der Waals surface area contributed by atoms with Crippen molar-refractivity contribution in [3.63, 3.8) is 0 Å². The standard InChI is InChI=1S/C56H108O6/c1-5-7-9-11-13-15-17-19-24-28-32-36-40-44-48-55(58)61-51-53(50-60-54(57)47-43-39-35-31-27-18-16-14-12-10-8-6-2)62-56(59)49-45-41-37-33-29-25-22-20-21-23-26-30-34-38-42-46-52(3)4/h52-53H,5-51H2,1-4H3/t53-/m0/s1. The summed E-state index contributed by atoms with van der Waals surface area (Å²) in [6.45, 7) is 9.06. The van der Waals surface area contributed by atoms with Crippen LogP contribution in [0, 0.1) is 5.92 Å². The molecule has 0 aliphatic rings. The van der Waals surface area contributed by atoms with E-state index >= 15 is 0 Å². The molecule has 0 aromatic carbocycles. The van der Waals surface area contributed by atoms with E-state index in [4.69, 9.17) is 14.2 Å². The monoisotopic (exact) mass is 877 g/mol. The van der Waals surface area contributed by atoms with Crippen molar-refractivity contribution in [3.05, 3.63) is 0 Å². The van der Waals surface area contributed by atoms with Gasteiger partial charge in [0.25, 0.3) is 0 Å². The maximum Gasteiger partial charge on any atom is 0.306 e. The first-order valence-electron chi connectivity index (χ1n) is 27.9. The number of ether oxygens (including phenoxy) is 3. The summed E-state index contributed by atoms with van der Waals surface area (Å²) < 4.78 is 16.9. The van der Waals surface area contributed by atoms with Crippen LogP contribution in [0.3, 0.4) is 0 Å². The Morgan fingerprint density at radius 3 is 0.790 bits per heavy atom. The molecule has 0 saturated carbocycles.